The molecule has 0 radical (unpaired) electrons. The summed E-state index contributed by atoms with van der Waals surface area (Å²) in [6.07, 6.45) is 0.687. The zero-order valence-electron chi connectivity index (χ0n) is 8.63. The van der Waals surface area contributed by atoms with Crippen molar-refractivity contribution in [3.63, 3.8) is 0 Å². The van der Waals surface area contributed by atoms with Gasteiger partial charge in [-0.3, -0.25) is 4.79 Å². The van der Waals surface area contributed by atoms with Gasteiger partial charge in [0.1, 0.15) is 0 Å². The smallest absolute Gasteiger partial charge is 0.166 e. The first kappa shape index (κ1) is 11.3. The first-order valence-electron chi connectivity index (χ1n) is 4.89. The average molecular weight is 203 g/mol. The first-order valence-corrected chi connectivity index (χ1v) is 4.89. The molecule has 1 unspecified atom stereocenters. The van der Waals surface area contributed by atoms with Crippen LogP contribution >= 0.6 is 0 Å². The van der Waals surface area contributed by atoms with E-state index in [1.54, 1.807) is 12.1 Å². The number of ketones is 1. The molecule has 1 aromatic rings. The first-order chi connectivity index (χ1) is 7.29. The average Bonchev–Trinajstić information content (AvgIpc) is 2.31. The minimum atomic E-state index is -0.205. The Labute approximate surface area is 88.6 Å². The molecule has 0 aromatic heterocycles. The molecular formula is C11H13N3O. The van der Waals surface area contributed by atoms with Crippen molar-refractivity contribution in [2.24, 2.45) is 11.0 Å². The standard InChI is InChI=1S/C11H13N3O/c1-2-9(8-13-14-12)11(15)10-6-4-3-5-7-10/h3-7,9H,2,8H2,1H3. The summed E-state index contributed by atoms with van der Waals surface area (Å²) >= 11 is 0. The molecule has 1 aromatic carbocycles. The number of hydrogen-bond acceptors (Lipinski definition) is 2. The van der Waals surface area contributed by atoms with Crippen LogP contribution in [0.15, 0.2) is 35.4 Å². The van der Waals surface area contributed by atoms with Crippen molar-refractivity contribution in [1.29, 1.82) is 0 Å². The fourth-order valence-corrected chi connectivity index (χ4v) is 1.37. The number of nitrogens with zero attached hydrogens (tertiary/aromatic N) is 3. The Morgan fingerprint density at radius 3 is 2.67 bits per heavy atom. The maximum atomic E-state index is 11.9. The van der Waals surface area contributed by atoms with E-state index in [1.807, 2.05) is 25.1 Å². The molecule has 0 aliphatic carbocycles. The Morgan fingerprint density at radius 1 is 1.47 bits per heavy atom. The molecule has 0 heterocycles. The van der Waals surface area contributed by atoms with Gasteiger partial charge in [-0.2, -0.15) is 0 Å². The molecule has 0 aliphatic rings. The van der Waals surface area contributed by atoms with E-state index in [2.05, 4.69) is 10.0 Å². The van der Waals surface area contributed by atoms with Crippen LogP contribution in [-0.2, 0) is 0 Å². The number of benzene rings is 1. The topological polar surface area (TPSA) is 65.8 Å². The molecule has 0 amide bonds. The third kappa shape index (κ3) is 3.11. The quantitative estimate of drug-likeness (QED) is 0.313. The maximum absolute atomic E-state index is 11.9. The number of carbonyl (C=O) groups is 1. The number of carbonyl (C=O) groups excluding carboxylic acids is 1. The van der Waals surface area contributed by atoms with Crippen molar-refractivity contribution >= 4 is 5.78 Å². The molecule has 4 nitrogen and oxygen atoms in total. The Bertz CT molecular complexity index is 369. The summed E-state index contributed by atoms with van der Waals surface area (Å²) in [6.45, 7) is 2.15. The number of Topliss-reactive ketones (excluding diaryl/α,β-unsaturated/α-hetero) is 1. The van der Waals surface area contributed by atoms with Gasteiger partial charge in [0.05, 0.1) is 0 Å². The molecule has 0 spiro atoms. The van der Waals surface area contributed by atoms with Crippen molar-refractivity contribution in [3.8, 4) is 0 Å². The molecule has 0 N–H and O–H groups in total. The number of rotatable bonds is 5. The lowest BCUT2D eigenvalue weighted by atomic mass is 9.95. The molecule has 1 atom stereocenters. The van der Waals surface area contributed by atoms with Gasteiger partial charge < -0.3 is 0 Å². The normalized spacial score (nSPS) is 11.5. The highest BCUT2D eigenvalue weighted by Crippen LogP contribution is 2.12. The van der Waals surface area contributed by atoms with Crippen molar-refractivity contribution in [2.45, 2.75) is 13.3 Å². The highest BCUT2D eigenvalue weighted by Gasteiger charge is 2.16. The van der Waals surface area contributed by atoms with E-state index in [0.717, 1.165) is 0 Å². The van der Waals surface area contributed by atoms with Crippen LogP contribution in [0.1, 0.15) is 23.7 Å². The van der Waals surface area contributed by atoms with Gasteiger partial charge >= 0.3 is 0 Å². The van der Waals surface area contributed by atoms with E-state index in [1.165, 1.54) is 0 Å². The zero-order valence-corrected chi connectivity index (χ0v) is 8.63. The van der Waals surface area contributed by atoms with Crippen LogP contribution in [0.3, 0.4) is 0 Å². The molecule has 0 saturated heterocycles. The van der Waals surface area contributed by atoms with E-state index in [9.17, 15) is 4.79 Å². The van der Waals surface area contributed by atoms with Crippen molar-refractivity contribution in [1.82, 2.24) is 0 Å². The number of azide groups is 1. The van der Waals surface area contributed by atoms with Crippen LogP contribution in [0.25, 0.3) is 10.4 Å². The van der Waals surface area contributed by atoms with Gasteiger partial charge in [-0.05, 0) is 12.0 Å². The van der Waals surface area contributed by atoms with Gasteiger partial charge in [-0.25, -0.2) is 0 Å². The molecule has 78 valence electrons. The maximum Gasteiger partial charge on any atom is 0.166 e. The van der Waals surface area contributed by atoms with Crippen LogP contribution in [-0.4, -0.2) is 12.3 Å². The SMILES string of the molecule is CCC(CN=[N+]=[N-])C(=O)c1ccccc1. The Hall–Kier alpha value is -1.80. The summed E-state index contributed by atoms with van der Waals surface area (Å²) in [4.78, 5) is 14.6. The fraction of sp³-hybridized carbons (Fsp3) is 0.364. The molecule has 1 rings (SSSR count). The van der Waals surface area contributed by atoms with Crippen molar-refractivity contribution in [2.75, 3.05) is 6.54 Å². The minimum Gasteiger partial charge on any atom is -0.294 e. The van der Waals surface area contributed by atoms with Gasteiger partial charge in [0, 0.05) is 22.9 Å². The summed E-state index contributed by atoms with van der Waals surface area (Å²) in [7, 11) is 0. The van der Waals surface area contributed by atoms with E-state index in [0.29, 0.717) is 12.0 Å². The second-order valence-corrected chi connectivity index (χ2v) is 3.25. The lowest BCUT2D eigenvalue weighted by Gasteiger charge is -2.10. The summed E-state index contributed by atoms with van der Waals surface area (Å²) in [5.41, 5.74) is 8.89. The Kier molecular flexibility index (Phi) is 4.38. The molecule has 0 fully saturated rings. The Morgan fingerprint density at radius 2 is 2.13 bits per heavy atom. The van der Waals surface area contributed by atoms with E-state index >= 15 is 0 Å². The van der Waals surface area contributed by atoms with Crippen molar-refractivity contribution < 1.29 is 4.79 Å². The van der Waals surface area contributed by atoms with Gasteiger partial charge in [0.2, 0.25) is 0 Å². The third-order valence-corrected chi connectivity index (χ3v) is 2.29. The second kappa shape index (κ2) is 5.83. The zero-order chi connectivity index (χ0) is 11.1. The van der Waals surface area contributed by atoms with Gasteiger partial charge in [0.25, 0.3) is 0 Å². The van der Waals surface area contributed by atoms with Crippen LogP contribution < -0.4 is 0 Å². The third-order valence-electron chi connectivity index (χ3n) is 2.29. The van der Waals surface area contributed by atoms with Gasteiger partial charge in [-0.1, -0.05) is 42.4 Å². The van der Waals surface area contributed by atoms with Crippen LogP contribution in [0.5, 0.6) is 0 Å². The predicted molar refractivity (Wildman–Crippen MR) is 58.6 cm³/mol. The summed E-state index contributed by atoms with van der Waals surface area (Å²) in [5, 5.41) is 3.45. The predicted octanol–water partition coefficient (Wildman–Crippen LogP) is 3.21. The lowest BCUT2D eigenvalue weighted by Crippen LogP contribution is -2.16. The van der Waals surface area contributed by atoms with Gasteiger partial charge in [-0.15, -0.1) is 0 Å². The highest BCUT2D eigenvalue weighted by molar-refractivity contribution is 5.97. The molecular weight excluding hydrogens is 190 g/mol. The number of hydrogen-bond donors (Lipinski definition) is 0. The molecule has 15 heavy (non-hydrogen) atoms. The summed E-state index contributed by atoms with van der Waals surface area (Å²) in [5.74, 6) is -0.159. The second-order valence-electron chi connectivity index (χ2n) is 3.25. The van der Waals surface area contributed by atoms with E-state index < -0.39 is 0 Å². The highest BCUT2D eigenvalue weighted by atomic mass is 16.1. The minimum absolute atomic E-state index is 0.0468. The van der Waals surface area contributed by atoms with E-state index in [-0.39, 0.29) is 18.2 Å². The van der Waals surface area contributed by atoms with Crippen LogP contribution in [0, 0.1) is 5.92 Å². The van der Waals surface area contributed by atoms with Crippen molar-refractivity contribution in [3.05, 3.63) is 46.3 Å². The van der Waals surface area contributed by atoms with Gasteiger partial charge in [0.15, 0.2) is 5.78 Å². The molecule has 0 saturated carbocycles. The molecule has 0 aliphatic heterocycles. The summed E-state index contributed by atoms with van der Waals surface area (Å²) in [6, 6.07) is 9.08. The summed E-state index contributed by atoms with van der Waals surface area (Å²) < 4.78 is 0. The molecule has 0 bridgehead atoms. The van der Waals surface area contributed by atoms with Crippen LogP contribution in [0.4, 0.5) is 0 Å². The monoisotopic (exact) mass is 203 g/mol. The molecule has 4 heteroatoms. The Balaban J connectivity index is 2.77. The lowest BCUT2D eigenvalue weighted by molar-refractivity contribution is 0.0921. The van der Waals surface area contributed by atoms with E-state index in [4.69, 9.17) is 5.53 Å². The van der Waals surface area contributed by atoms with Crippen LogP contribution in [0.2, 0.25) is 0 Å². The fourth-order valence-electron chi connectivity index (χ4n) is 1.37. The largest absolute Gasteiger partial charge is 0.294 e.